The highest BCUT2D eigenvalue weighted by molar-refractivity contribution is 5.61. The second-order valence-corrected chi connectivity index (χ2v) is 4.63. The quantitative estimate of drug-likeness (QED) is 0.397. The van der Waals surface area contributed by atoms with Gasteiger partial charge in [-0.3, -0.25) is 9.36 Å². The first-order valence-electron chi connectivity index (χ1n) is 6.20. The van der Waals surface area contributed by atoms with E-state index in [1.54, 1.807) is 0 Å². The Morgan fingerprint density at radius 3 is 2.67 bits per heavy atom. The van der Waals surface area contributed by atoms with Crippen LogP contribution in [0.4, 0.5) is 11.5 Å². The van der Waals surface area contributed by atoms with Gasteiger partial charge in [-0.2, -0.15) is 4.98 Å². The van der Waals surface area contributed by atoms with E-state index in [1.807, 2.05) is 0 Å². The van der Waals surface area contributed by atoms with Crippen LogP contribution in [0.15, 0.2) is 4.79 Å². The van der Waals surface area contributed by atoms with Gasteiger partial charge >= 0.3 is 6.01 Å². The molecule has 0 bridgehead atoms. The highest BCUT2D eigenvalue weighted by atomic mass is 16.6. The predicted octanol–water partition coefficient (Wildman–Crippen LogP) is -2.78. The van der Waals surface area contributed by atoms with E-state index in [1.165, 1.54) is 14.2 Å². The van der Waals surface area contributed by atoms with Gasteiger partial charge in [-0.15, -0.1) is 0 Å². The van der Waals surface area contributed by atoms with Crippen molar-refractivity contribution in [3.63, 3.8) is 0 Å². The van der Waals surface area contributed by atoms with Crippen LogP contribution >= 0.6 is 0 Å². The van der Waals surface area contributed by atoms with Gasteiger partial charge in [0.25, 0.3) is 5.56 Å². The first-order valence-corrected chi connectivity index (χ1v) is 6.20. The lowest BCUT2D eigenvalue weighted by atomic mass is 10.1. The van der Waals surface area contributed by atoms with Crippen molar-refractivity contribution >= 4 is 11.5 Å². The molecule has 6 N–H and O–H groups in total. The molecule has 0 radical (unpaired) electrons. The zero-order valence-electron chi connectivity index (χ0n) is 11.6. The second-order valence-electron chi connectivity index (χ2n) is 4.63. The second kappa shape index (κ2) is 5.85. The minimum absolute atomic E-state index is 0.0317. The standard InChI is InChI=1S/C11H18N4O6/c1-15-10(19)5(8(12)14-11(15)20-2)13-9-7(18)6(17)4(3-16)21-9/h4,6-7,9,13,16-18H,3,12H2,1-2H3/t4-,6-,7+,9-/m1/s1. The minimum atomic E-state index is -1.33. The van der Waals surface area contributed by atoms with Gasteiger partial charge in [-0.05, 0) is 0 Å². The van der Waals surface area contributed by atoms with E-state index >= 15 is 0 Å². The molecule has 0 spiro atoms. The maximum Gasteiger partial charge on any atom is 0.300 e. The van der Waals surface area contributed by atoms with Crippen molar-refractivity contribution in [2.45, 2.75) is 24.5 Å². The maximum atomic E-state index is 12.1. The van der Waals surface area contributed by atoms with Crippen molar-refractivity contribution in [2.24, 2.45) is 7.05 Å². The molecule has 4 atom stereocenters. The molecule has 1 aliphatic heterocycles. The number of nitrogens with zero attached hydrogens (tertiary/aromatic N) is 2. The molecule has 10 nitrogen and oxygen atoms in total. The van der Waals surface area contributed by atoms with Gasteiger partial charge in [0, 0.05) is 7.05 Å². The van der Waals surface area contributed by atoms with Gasteiger partial charge < -0.3 is 35.8 Å². The van der Waals surface area contributed by atoms with Gasteiger partial charge in [-0.25, -0.2) is 0 Å². The van der Waals surface area contributed by atoms with E-state index in [0.29, 0.717) is 0 Å². The molecule has 0 amide bonds. The number of hydrogen-bond donors (Lipinski definition) is 5. The SMILES string of the molecule is COc1nc(N)c(N[C@@H]2O[C@H](CO)[C@@H](O)[C@@H]2O)c(=O)n1C. The average Bonchev–Trinajstić information content (AvgIpc) is 2.74. The number of ether oxygens (including phenoxy) is 2. The number of hydrogen-bond acceptors (Lipinski definition) is 9. The topological polar surface area (TPSA) is 152 Å². The zero-order valence-corrected chi connectivity index (χ0v) is 11.6. The van der Waals surface area contributed by atoms with Crippen LogP contribution < -0.4 is 21.3 Å². The molecule has 0 saturated carbocycles. The average molecular weight is 302 g/mol. The van der Waals surface area contributed by atoms with Gasteiger partial charge in [0.05, 0.1) is 13.7 Å². The fraction of sp³-hybridized carbons (Fsp3) is 0.636. The van der Waals surface area contributed by atoms with Crippen molar-refractivity contribution < 1.29 is 24.8 Å². The summed E-state index contributed by atoms with van der Waals surface area (Å²) >= 11 is 0. The van der Waals surface area contributed by atoms with Crippen molar-refractivity contribution in [2.75, 3.05) is 24.8 Å². The van der Waals surface area contributed by atoms with E-state index in [4.69, 9.17) is 20.3 Å². The van der Waals surface area contributed by atoms with E-state index in [-0.39, 0.29) is 17.5 Å². The Morgan fingerprint density at radius 2 is 2.14 bits per heavy atom. The molecule has 118 valence electrons. The molecular formula is C11H18N4O6. The number of rotatable bonds is 4. The van der Waals surface area contributed by atoms with E-state index in [9.17, 15) is 15.0 Å². The smallest absolute Gasteiger partial charge is 0.300 e. The highest BCUT2D eigenvalue weighted by Gasteiger charge is 2.42. The van der Waals surface area contributed by atoms with E-state index < -0.39 is 36.7 Å². The molecule has 1 saturated heterocycles. The summed E-state index contributed by atoms with van der Waals surface area (Å²) in [5.74, 6) is -0.132. The largest absolute Gasteiger partial charge is 0.468 e. The zero-order chi connectivity index (χ0) is 15.7. The molecule has 0 aliphatic carbocycles. The van der Waals surface area contributed by atoms with Crippen molar-refractivity contribution in [1.29, 1.82) is 0 Å². The lowest BCUT2D eigenvalue weighted by molar-refractivity contribution is -0.0153. The summed E-state index contributed by atoms with van der Waals surface area (Å²) in [5, 5.41) is 31.1. The summed E-state index contributed by atoms with van der Waals surface area (Å²) in [6, 6.07) is 0.0317. The minimum Gasteiger partial charge on any atom is -0.468 e. The molecule has 1 aromatic rings. The molecule has 2 rings (SSSR count). The van der Waals surface area contributed by atoms with Crippen LogP contribution in [-0.2, 0) is 11.8 Å². The molecule has 2 heterocycles. The number of aromatic nitrogens is 2. The number of methoxy groups -OCH3 is 1. The highest BCUT2D eigenvalue weighted by Crippen LogP contribution is 2.24. The van der Waals surface area contributed by atoms with Crippen LogP contribution in [0.5, 0.6) is 6.01 Å². The van der Waals surface area contributed by atoms with Gasteiger partial charge in [-0.1, -0.05) is 0 Å². The Morgan fingerprint density at radius 1 is 1.48 bits per heavy atom. The summed E-state index contributed by atoms with van der Waals surface area (Å²) in [5.41, 5.74) is 5.06. The van der Waals surface area contributed by atoms with Crippen LogP contribution in [-0.4, -0.2) is 63.1 Å². The van der Waals surface area contributed by atoms with Crippen LogP contribution in [0.25, 0.3) is 0 Å². The van der Waals surface area contributed by atoms with Crippen molar-refractivity contribution in [3.8, 4) is 6.01 Å². The lowest BCUT2D eigenvalue weighted by Gasteiger charge is -2.19. The van der Waals surface area contributed by atoms with Gasteiger partial charge in [0.15, 0.2) is 12.0 Å². The first-order chi connectivity index (χ1) is 9.90. The monoisotopic (exact) mass is 302 g/mol. The lowest BCUT2D eigenvalue weighted by Crippen LogP contribution is -2.38. The van der Waals surface area contributed by atoms with Crippen molar-refractivity contribution in [3.05, 3.63) is 10.4 Å². The third-order valence-corrected chi connectivity index (χ3v) is 3.29. The Balaban J connectivity index is 2.29. The number of nitrogen functional groups attached to an aromatic ring is 1. The number of nitrogens with two attached hydrogens (primary N) is 1. The third-order valence-electron chi connectivity index (χ3n) is 3.29. The summed E-state index contributed by atoms with van der Waals surface area (Å²) in [6.07, 6.45) is -4.65. The summed E-state index contributed by atoms with van der Waals surface area (Å²) < 4.78 is 11.2. The normalized spacial score (nSPS) is 28.6. The van der Waals surface area contributed by atoms with Gasteiger partial charge in [0.1, 0.15) is 24.0 Å². The number of nitrogens with one attached hydrogen (secondary N) is 1. The number of aliphatic hydroxyl groups is 3. The van der Waals surface area contributed by atoms with Crippen LogP contribution in [0.1, 0.15) is 0 Å². The molecule has 1 fully saturated rings. The van der Waals surface area contributed by atoms with Crippen LogP contribution in [0.3, 0.4) is 0 Å². The number of aliphatic hydroxyl groups excluding tert-OH is 3. The molecule has 1 aliphatic rings. The summed E-state index contributed by atoms with van der Waals surface area (Å²) in [4.78, 5) is 16.0. The Hall–Kier alpha value is -1.88. The Labute approximate surface area is 119 Å². The fourth-order valence-corrected chi connectivity index (χ4v) is 2.08. The molecule has 0 unspecified atom stereocenters. The number of anilines is 2. The fourth-order valence-electron chi connectivity index (χ4n) is 2.08. The molecular weight excluding hydrogens is 284 g/mol. The predicted molar refractivity (Wildman–Crippen MR) is 71.8 cm³/mol. The van der Waals surface area contributed by atoms with Crippen LogP contribution in [0, 0.1) is 0 Å². The van der Waals surface area contributed by atoms with E-state index in [0.717, 1.165) is 4.57 Å². The van der Waals surface area contributed by atoms with E-state index in [2.05, 4.69) is 10.3 Å². The Bertz CT molecular complexity index is 577. The molecule has 21 heavy (non-hydrogen) atoms. The third kappa shape index (κ3) is 2.65. The molecule has 10 heteroatoms. The van der Waals surface area contributed by atoms with Crippen molar-refractivity contribution in [1.82, 2.24) is 9.55 Å². The van der Waals surface area contributed by atoms with Crippen LogP contribution in [0.2, 0.25) is 0 Å². The maximum absolute atomic E-state index is 12.1. The summed E-state index contributed by atoms with van der Waals surface area (Å²) in [6.45, 7) is -0.467. The Kier molecular flexibility index (Phi) is 4.32. The first kappa shape index (κ1) is 15.5. The summed E-state index contributed by atoms with van der Waals surface area (Å²) in [7, 11) is 2.79. The van der Waals surface area contributed by atoms with Gasteiger partial charge in [0.2, 0.25) is 0 Å². The molecule has 0 aromatic carbocycles. The molecule has 1 aromatic heterocycles.